The second-order valence-electron chi connectivity index (χ2n) is 4.21. The van der Waals surface area contributed by atoms with Crippen molar-refractivity contribution < 1.29 is 17.9 Å². The highest BCUT2D eigenvalue weighted by Crippen LogP contribution is 2.28. The second kappa shape index (κ2) is 5.51. The smallest absolute Gasteiger partial charge is 0.425 e. The monoisotopic (exact) mass is 289 g/mol. The van der Waals surface area contributed by atoms with E-state index in [0.717, 1.165) is 13.3 Å². The Hall–Kier alpha value is -2.06. The first-order valence-corrected chi connectivity index (χ1v) is 6.10. The number of hydrogen-bond donors (Lipinski definition) is 2. The van der Waals surface area contributed by atoms with Gasteiger partial charge in [0.1, 0.15) is 5.39 Å². The van der Waals surface area contributed by atoms with Crippen LogP contribution in [0.3, 0.4) is 0 Å². The van der Waals surface area contributed by atoms with Gasteiger partial charge in [-0.1, -0.05) is 6.92 Å². The lowest BCUT2D eigenvalue weighted by molar-refractivity contribution is -0.189. The van der Waals surface area contributed by atoms with Crippen LogP contribution in [0.5, 0.6) is 5.88 Å². The molecule has 0 aliphatic rings. The Morgan fingerprint density at radius 3 is 2.80 bits per heavy atom. The Kier molecular flexibility index (Phi) is 3.96. The minimum Gasteiger partial charge on any atom is -0.464 e. The minimum atomic E-state index is -4.46. The fourth-order valence-electron chi connectivity index (χ4n) is 1.45. The molecule has 0 aliphatic carbocycles. The Labute approximate surface area is 112 Å². The summed E-state index contributed by atoms with van der Waals surface area (Å²) >= 11 is 0. The molecule has 0 saturated heterocycles. The topological polar surface area (TPSA) is 75.7 Å². The molecule has 0 spiro atoms. The van der Waals surface area contributed by atoms with E-state index in [1.807, 2.05) is 6.92 Å². The number of anilines is 1. The summed E-state index contributed by atoms with van der Waals surface area (Å²) in [7, 11) is 0. The lowest BCUT2D eigenvalue weighted by atomic mass is 10.4. The third-order valence-electron chi connectivity index (χ3n) is 2.56. The molecule has 1 atom stereocenters. The fourth-order valence-corrected chi connectivity index (χ4v) is 1.45. The molecule has 110 valence electrons. The maximum atomic E-state index is 12.6. The van der Waals surface area contributed by atoms with Gasteiger partial charge in [-0.3, -0.25) is 5.10 Å². The van der Waals surface area contributed by atoms with Gasteiger partial charge in [-0.25, -0.2) is 0 Å². The highest BCUT2D eigenvalue weighted by molar-refractivity contribution is 5.80. The molecule has 0 bridgehead atoms. The first-order valence-electron chi connectivity index (χ1n) is 6.10. The summed E-state index contributed by atoms with van der Waals surface area (Å²) < 4.78 is 42.6. The average Bonchev–Trinajstić information content (AvgIpc) is 2.83. The van der Waals surface area contributed by atoms with E-state index < -0.39 is 12.3 Å². The fraction of sp³-hybridized carbons (Fsp3) is 0.545. The van der Waals surface area contributed by atoms with E-state index in [1.165, 1.54) is 6.20 Å². The van der Waals surface area contributed by atoms with Crippen LogP contribution in [0.25, 0.3) is 11.0 Å². The van der Waals surface area contributed by atoms with Crippen molar-refractivity contribution in [3.8, 4) is 5.88 Å². The summed E-state index contributed by atoms with van der Waals surface area (Å²) in [6, 6.07) is 0. The standard InChI is InChI=1S/C11H14F3N5O/c1-3-4-15-10-17-8-7(5-16-19-8)9(18-10)20-6(2)11(12,13)14/h5-6H,3-4H2,1-2H3,(H2,15,16,17,18,19). The second-order valence-corrected chi connectivity index (χ2v) is 4.21. The lowest BCUT2D eigenvalue weighted by Crippen LogP contribution is -2.31. The predicted octanol–water partition coefficient (Wildman–Crippen LogP) is 2.50. The quantitative estimate of drug-likeness (QED) is 0.884. The van der Waals surface area contributed by atoms with Crippen molar-refractivity contribution in [2.45, 2.75) is 32.5 Å². The number of ether oxygens (including phenoxy) is 1. The molecule has 0 fully saturated rings. The number of fused-ring (bicyclic) bond motifs is 1. The van der Waals surface area contributed by atoms with E-state index >= 15 is 0 Å². The van der Waals surface area contributed by atoms with Gasteiger partial charge in [0.05, 0.1) is 6.20 Å². The molecule has 0 radical (unpaired) electrons. The van der Waals surface area contributed by atoms with Crippen molar-refractivity contribution in [3.05, 3.63) is 6.20 Å². The molecule has 1 unspecified atom stereocenters. The van der Waals surface area contributed by atoms with E-state index in [2.05, 4.69) is 25.5 Å². The van der Waals surface area contributed by atoms with E-state index in [-0.39, 0.29) is 11.8 Å². The number of aromatic nitrogens is 4. The van der Waals surface area contributed by atoms with Crippen molar-refractivity contribution >= 4 is 17.0 Å². The number of halogens is 3. The van der Waals surface area contributed by atoms with Gasteiger partial charge < -0.3 is 10.1 Å². The van der Waals surface area contributed by atoms with Gasteiger partial charge in [0.2, 0.25) is 11.8 Å². The van der Waals surface area contributed by atoms with Crippen molar-refractivity contribution in [2.24, 2.45) is 0 Å². The Morgan fingerprint density at radius 1 is 1.40 bits per heavy atom. The van der Waals surface area contributed by atoms with Crippen molar-refractivity contribution in [1.29, 1.82) is 0 Å². The first kappa shape index (κ1) is 14.4. The Bertz CT molecular complexity index is 583. The van der Waals surface area contributed by atoms with Crippen LogP contribution in [0.1, 0.15) is 20.3 Å². The Morgan fingerprint density at radius 2 is 2.15 bits per heavy atom. The number of rotatable bonds is 5. The normalized spacial score (nSPS) is 13.4. The molecule has 6 nitrogen and oxygen atoms in total. The maximum absolute atomic E-state index is 12.6. The maximum Gasteiger partial charge on any atom is 0.425 e. The van der Waals surface area contributed by atoms with E-state index in [9.17, 15) is 13.2 Å². The van der Waals surface area contributed by atoms with Crippen LogP contribution in [-0.2, 0) is 0 Å². The average molecular weight is 289 g/mol. The van der Waals surface area contributed by atoms with E-state index in [1.54, 1.807) is 0 Å². The van der Waals surface area contributed by atoms with Crippen LogP contribution < -0.4 is 10.1 Å². The zero-order valence-corrected chi connectivity index (χ0v) is 11.0. The van der Waals surface area contributed by atoms with Gasteiger partial charge in [0.15, 0.2) is 11.8 Å². The van der Waals surface area contributed by atoms with Gasteiger partial charge in [0, 0.05) is 6.54 Å². The zero-order valence-electron chi connectivity index (χ0n) is 11.0. The lowest BCUT2D eigenvalue weighted by Gasteiger charge is -2.17. The molecule has 0 aromatic carbocycles. The molecule has 9 heteroatoms. The SMILES string of the molecule is CCCNc1nc(OC(C)C(F)(F)F)c2cn[nH]c2n1. The highest BCUT2D eigenvalue weighted by atomic mass is 19.4. The summed E-state index contributed by atoms with van der Waals surface area (Å²) in [5, 5.41) is 9.53. The number of hydrogen-bond acceptors (Lipinski definition) is 5. The first-order chi connectivity index (χ1) is 9.41. The predicted molar refractivity (Wildman–Crippen MR) is 66.6 cm³/mol. The van der Waals surface area contributed by atoms with Gasteiger partial charge in [-0.15, -0.1) is 0 Å². The number of aromatic amines is 1. The van der Waals surface area contributed by atoms with Crippen LogP contribution in [-0.4, -0.2) is 39.0 Å². The third-order valence-corrected chi connectivity index (χ3v) is 2.56. The Balaban J connectivity index is 2.32. The van der Waals surface area contributed by atoms with Crippen molar-refractivity contribution in [2.75, 3.05) is 11.9 Å². The molecule has 20 heavy (non-hydrogen) atoms. The van der Waals surface area contributed by atoms with Crippen LogP contribution in [0.4, 0.5) is 19.1 Å². The number of nitrogens with zero attached hydrogens (tertiary/aromatic N) is 3. The van der Waals surface area contributed by atoms with Gasteiger partial charge in [-0.05, 0) is 13.3 Å². The minimum absolute atomic E-state index is 0.146. The summed E-state index contributed by atoms with van der Waals surface area (Å²) in [4.78, 5) is 8.06. The molecule has 2 heterocycles. The van der Waals surface area contributed by atoms with Gasteiger partial charge in [0.25, 0.3) is 0 Å². The van der Waals surface area contributed by atoms with Gasteiger partial charge in [-0.2, -0.15) is 28.2 Å². The number of nitrogens with one attached hydrogen (secondary N) is 2. The molecular formula is C11H14F3N5O. The molecule has 2 aromatic rings. The zero-order chi connectivity index (χ0) is 14.8. The van der Waals surface area contributed by atoms with E-state index in [4.69, 9.17) is 4.74 Å². The van der Waals surface area contributed by atoms with Crippen molar-refractivity contribution in [1.82, 2.24) is 20.2 Å². The van der Waals surface area contributed by atoms with Gasteiger partial charge >= 0.3 is 6.18 Å². The molecule has 0 saturated carbocycles. The summed E-state index contributed by atoms with van der Waals surface area (Å²) in [6.07, 6.45) is -4.26. The van der Waals surface area contributed by atoms with Crippen LogP contribution in [0, 0.1) is 0 Å². The van der Waals surface area contributed by atoms with E-state index in [0.29, 0.717) is 17.6 Å². The summed E-state index contributed by atoms with van der Waals surface area (Å²) in [5.74, 6) is 0.0557. The van der Waals surface area contributed by atoms with Crippen LogP contribution >= 0.6 is 0 Å². The summed E-state index contributed by atoms with van der Waals surface area (Å²) in [6.45, 7) is 3.48. The molecular weight excluding hydrogens is 275 g/mol. The van der Waals surface area contributed by atoms with Crippen LogP contribution in [0.15, 0.2) is 6.20 Å². The molecule has 0 amide bonds. The summed E-state index contributed by atoms with van der Waals surface area (Å²) in [5.41, 5.74) is 0.322. The third kappa shape index (κ3) is 3.09. The largest absolute Gasteiger partial charge is 0.464 e. The van der Waals surface area contributed by atoms with Crippen molar-refractivity contribution in [3.63, 3.8) is 0 Å². The molecule has 0 aliphatic heterocycles. The highest BCUT2D eigenvalue weighted by Gasteiger charge is 2.38. The molecule has 2 aromatic heterocycles. The molecule has 2 rings (SSSR count). The number of H-pyrrole nitrogens is 1. The molecule has 2 N–H and O–H groups in total. The number of alkyl halides is 3. The van der Waals surface area contributed by atoms with Crippen LogP contribution in [0.2, 0.25) is 0 Å².